The first kappa shape index (κ1) is 11.5. The Balaban J connectivity index is 1.92. The fraction of sp³-hybridized carbons (Fsp3) is 0.364. The Hall–Kier alpha value is -0.940. The average molecular weight is 287 g/mol. The van der Waals surface area contributed by atoms with Crippen LogP contribution in [0.5, 0.6) is 0 Å². The van der Waals surface area contributed by atoms with Gasteiger partial charge in [-0.15, -0.1) is 0 Å². The summed E-state index contributed by atoms with van der Waals surface area (Å²) >= 11 is 3.21. The molecule has 1 atom stereocenters. The zero-order valence-electron chi connectivity index (χ0n) is 8.59. The number of rotatable bonds is 3. The van der Waals surface area contributed by atoms with E-state index in [2.05, 4.69) is 26.6 Å². The molecule has 0 aliphatic carbocycles. The molecule has 1 aromatic rings. The van der Waals surface area contributed by atoms with Gasteiger partial charge in [0.2, 0.25) is 5.91 Å². The average Bonchev–Trinajstić information content (AvgIpc) is 2.63. The smallest absolute Gasteiger partial charge is 0.221 e. The molecule has 0 bridgehead atoms. The molecule has 0 spiro atoms. The molecule has 1 saturated heterocycles. The number of hydrogen-bond acceptors (Lipinski definition) is 2. The summed E-state index contributed by atoms with van der Waals surface area (Å²) in [7, 11) is 0. The maximum Gasteiger partial charge on any atom is 0.221 e. The van der Waals surface area contributed by atoms with Crippen LogP contribution in [0.2, 0.25) is 0 Å². The SMILES string of the molecule is O=C1CC(NCc2ccc(Br)cc2F)CN1. The second-order valence-electron chi connectivity index (χ2n) is 3.82. The van der Waals surface area contributed by atoms with Crippen LogP contribution in [-0.2, 0) is 11.3 Å². The van der Waals surface area contributed by atoms with Crippen molar-refractivity contribution in [2.45, 2.75) is 19.0 Å². The zero-order valence-corrected chi connectivity index (χ0v) is 10.2. The van der Waals surface area contributed by atoms with E-state index in [9.17, 15) is 9.18 Å². The normalized spacial score (nSPS) is 19.9. The van der Waals surface area contributed by atoms with E-state index in [1.54, 1.807) is 12.1 Å². The molecule has 0 aromatic heterocycles. The van der Waals surface area contributed by atoms with E-state index in [1.165, 1.54) is 6.07 Å². The van der Waals surface area contributed by atoms with E-state index in [1.807, 2.05) is 0 Å². The highest BCUT2D eigenvalue weighted by Crippen LogP contribution is 2.15. The predicted molar refractivity (Wildman–Crippen MR) is 62.4 cm³/mol. The number of halogens is 2. The van der Waals surface area contributed by atoms with Gasteiger partial charge in [0.1, 0.15) is 5.82 Å². The van der Waals surface area contributed by atoms with Crippen LogP contribution in [-0.4, -0.2) is 18.5 Å². The molecule has 1 aliphatic heterocycles. The third kappa shape index (κ3) is 2.80. The lowest BCUT2D eigenvalue weighted by Crippen LogP contribution is -2.30. The largest absolute Gasteiger partial charge is 0.354 e. The van der Waals surface area contributed by atoms with Crippen molar-refractivity contribution in [2.75, 3.05) is 6.54 Å². The summed E-state index contributed by atoms with van der Waals surface area (Å²) in [4.78, 5) is 10.9. The minimum Gasteiger partial charge on any atom is -0.354 e. The summed E-state index contributed by atoms with van der Waals surface area (Å²) < 4.78 is 14.2. The summed E-state index contributed by atoms with van der Waals surface area (Å²) in [5.41, 5.74) is 0.613. The van der Waals surface area contributed by atoms with E-state index >= 15 is 0 Å². The molecule has 1 amide bonds. The molecule has 2 N–H and O–H groups in total. The summed E-state index contributed by atoms with van der Waals surface area (Å²) in [6.07, 6.45) is 0.470. The van der Waals surface area contributed by atoms with Crippen molar-refractivity contribution in [1.82, 2.24) is 10.6 Å². The van der Waals surface area contributed by atoms with Crippen molar-refractivity contribution >= 4 is 21.8 Å². The Bertz CT molecular complexity index is 411. The molecule has 16 heavy (non-hydrogen) atoms. The zero-order chi connectivity index (χ0) is 11.5. The van der Waals surface area contributed by atoms with Crippen LogP contribution in [0.25, 0.3) is 0 Å². The summed E-state index contributed by atoms with van der Waals surface area (Å²) in [6.45, 7) is 1.07. The van der Waals surface area contributed by atoms with Gasteiger partial charge in [0, 0.05) is 35.6 Å². The topological polar surface area (TPSA) is 41.1 Å². The van der Waals surface area contributed by atoms with E-state index < -0.39 is 0 Å². The number of carbonyl (C=O) groups excluding carboxylic acids is 1. The molecular formula is C11H12BrFN2O. The Morgan fingerprint density at radius 3 is 3.00 bits per heavy atom. The van der Waals surface area contributed by atoms with Crippen molar-refractivity contribution in [3.05, 3.63) is 34.1 Å². The number of amides is 1. The third-order valence-electron chi connectivity index (χ3n) is 2.57. The molecule has 3 nitrogen and oxygen atoms in total. The lowest BCUT2D eigenvalue weighted by atomic mass is 10.2. The quantitative estimate of drug-likeness (QED) is 0.886. The second-order valence-corrected chi connectivity index (χ2v) is 4.74. The Morgan fingerprint density at radius 2 is 2.38 bits per heavy atom. The maximum atomic E-state index is 13.4. The van der Waals surface area contributed by atoms with Crippen LogP contribution in [0.1, 0.15) is 12.0 Å². The molecule has 1 unspecified atom stereocenters. The van der Waals surface area contributed by atoms with Gasteiger partial charge in [-0.2, -0.15) is 0 Å². The van der Waals surface area contributed by atoms with Crippen molar-refractivity contribution in [3.8, 4) is 0 Å². The summed E-state index contributed by atoms with van der Waals surface area (Å²) in [6, 6.07) is 5.08. The molecule has 1 fully saturated rings. The van der Waals surface area contributed by atoms with Crippen molar-refractivity contribution in [1.29, 1.82) is 0 Å². The van der Waals surface area contributed by atoms with Gasteiger partial charge in [0.25, 0.3) is 0 Å². The fourth-order valence-corrected chi connectivity index (χ4v) is 2.00. The van der Waals surface area contributed by atoms with Gasteiger partial charge in [-0.3, -0.25) is 4.79 Å². The van der Waals surface area contributed by atoms with Gasteiger partial charge >= 0.3 is 0 Å². The first-order chi connectivity index (χ1) is 7.65. The highest BCUT2D eigenvalue weighted by Gasteiger charge is 2.20. The lowest BCUT2D eigenvalue weighted by Gasteiger charge is -2.10. The van der Waals surface area contributed by atoms with E-state index in [0.29, 0.717) is 25.1 Å². The first-order valence-electron chi connectivity index (χ1n) is 5.09. The van der Waals surface area contributed by atoms with Gasteiger partial charge in [-0.1, -0.05) is 22.0 Å². The molecule has 0 radical (unpaired) electrons. The van der Waals surface area contributed by atoms with Crippen LogP contribution in [0.4, 0.5) is 4.39 Å². The number of benzene rings is 1. The molecule has 86 valence electrons. The van der Waals surface area contributed by atoms with Crippen molar-refractivity contribution in [2.24, 2.45) is 0 Å². The monoisotopic (exact) mass is 286 g/mol. The molecule has 1 heterocycles. The summed E-state index contributed by atoms with van der Waals surface area (Å²) in [5, 5.41) is 5.88. The van der Waals surface area contributed by atoms with Gasteiger partial charge < -0.3 is 10.6 Å². The minimum absolute atomic E-state index is 0.0498. The van der Waals surface area contributed by atoms with Crippen molar-refractivity contribution in [3.63, 3.8) is 0 Å². The molecule has 1 aliphatic rings. The molecule has 1 aromatic carbocycles. The first-order valence-corrected chi connectivity index (χ1v) is 5.88. The second kappa shape index (κ2) is 4.93. The Morgan fingerprint density at radius 1 is 1.56 bits per heavy atom. The number of hydrogen-bond donors (Lipinski definition) is 2. The van der Waals surface area contributed by atoms with Gasteiger partial charge in [-0.05, 0) is 12.1 Å². The molecule has 2 rings (SSSR count). The standard InChI is InChI=1S/C11H12BrFN2O/c12-8-2-1-7(10(13)3-8)5-14-9-4-11(16)15-6-9/h1-3,9,14H,4-6H2,(H,15,16). The van der Waals surface area contributed by atoms with Gasteiger partial charge in [0.05, 0.1) is 0 Å². The highest BCUT2D eigenvalue weighted by molar-refractivity contribution is 9.10. The van der Waals surface area contributed by atoms with E-state index in [0.717, 1.165) is 4.47 Å². The Labute approximate surface area is 102 Å². The third-order valence-corrected chi connectivity index (χ3v) is 3.07. The lowest BCUT2D eigenvalue weighted by molar-refractivity contribution is -0.119. The number of carbonyl (C=O) groups is 1. The van der Waals surface area contributed by atoms with Crippen LogP contribution in [0.15, 0.2) is 22.7 Å². The maximum absolute atomic E-state index is 13.4. The summed E-state index contributed by atoms with van der Waals surface area (Å²) in [5.74, 6) is -0.187. The predicted octanol–water partition coefficient (Wildman–Crippen LogP) is 1.57. The van der Waals surface area contributed by atoms with Gasteiger partial charge in [-0.25, -0.2) is 4.39 Å². The molecular weight excluding hydrogens is 275 g/mol. The van der Waals surface area contributed by atoms with Gasteiger partial charge in [0.15, 0.2) is 0 Å². The fourth-order valence-electron chi connectivity index (χ4n) is 1.67. The van der Waals surface area contributed by atoms with Crippen LogP contribution in [0, 0.1) is 5.82 Å². The molecule has 0 saturated carbocycles. The number of nitrogens with one attached hydrogen (secondary N) is 2. The van der Waals surface area contributed by atoms with Crippen molar-refractivity contribution < 1.29 is 9.18 Å². The van der Waals surface area contributed by atoms with E-state index in [4.69, 9.17) is 0 Å². The van der Waals surface area contributed by atoms with Crippen LogP contribution < -0.4 is 10.6 Å². The highest BCUT2D eigenvalue weighted by atomic mass is 79.9. The molecule has 5 heteroatoms. The minimum atomic E-state index is -0.237. The Kier molecular flexibility index (Phi) is 3.56. The van der Waals surface area contributed by atoms with Crippen LogP contribution in [0.3, 0.4) is 0 Å². The van der Waals surface area contributed by atoms with Crippen LogP contribution >= 0.6 is 15.9 Å². The van der Waals surface area contributed by atoms with E-state index in [-0.39, 0.29) is 17.8 Å².